The first-order valence-corrected chi connectivity index (χ1v) is 10.4. The molecule has 0 heterocycles. The van der Waals surface area contributed by atoms with E-state index in [-0.39, 0.29) is 24.2 Å². The van der Waals surface area contributed by atoms with Crippen molar-refractivity contribution in [1.29, 1.82) is 0 Å². The number of aryl methyl sites for hydroxylation is 1. The zero-order valence-corrected chi connectivity index (χ0v) is 15.2. The molecule has 134 valence electrons. The number of sulfonamides is 1. The van der Waals surface area contributed by atoms with Gasteiger partial charge < -0.3 is 4.90 Å². The van der Waals surface area contributed by atoms with E-state index in [2.05, 4.69) is 4.72 Å². The minimum atomic E-state index is -3.32. The summed E-state index contributed by atoms with van der Waals surface area (Å²) in [5, 5.41) is 0. The monoisotopic (exact) mass is 352 g/mol. The number of carbonyl (C=O) groups is 1. The second-order valence-electron chi connectivity index (χ2n) is 6.45. The zero-order chi connectivity index (χ0) is 17.4. The fraction of sp³-hybridized carbons (Fsp3) is 0.611. The molecule has 0 aromatic heterocycles. The standard InChI is InChI=1S/C18H28N2O3S/c1-16(21)20(18-10-6-3-7-11-18)14-13-19-24(22,23)15-12-17-8-4-2-5-9-17/h2,4-5,8-9,18-19H,3,6-7,10-15H2,1H3. The summed E-state index contributed by atoms with van der Waals surface area (Å²) in [7, 11) is -3.32. The minimum Gasteiger partial charge on any atom is -0.339 e. The Balaban J connectivity index is 1.78. The van der Waals surface area contributed by atoms with Crippen LogP contribution in [-0.2, 0) is 21.2 Å². The predicted octanol–water partition coefficient (Wildman–Crippen LogP) is 2.33. The highest BCUT2D eigenvalue weighted by atomic mass is 32.2. The van der Waals surface area contributed by atoms with Crippen molar-refractivity contribution in [1.82, 2.24) is 9.62 Å². The van der Waals surface area contributed by atoms with Crippen LogP contribution in [0.3, 0.4) is 0 Å². The largest absolute Gasteiger partial charge is 0.339 e. The van der Waals surface area contributed by atoms with E-state index in [1.807, 2.05) is 35.2 Å². The molecule has 0 atom stereocenters. The van der Waals surface area contributed by atoms with Crippen molar-refractivity contribution in [3.63, 3.8) is 0 Å². The SMILES string of the molecule is CC(=O)N(CCNS(=O)(=O)CCc1ccccc1)C1CCCCC1. The van der Waals surface area contributed by atoms with Gasteiger partial charge in [0.05, 0.1) is 5.75 Å². The Kier molecular flexibility index (Phi) is 7.24. The molecule has 0 saturated heterocycles. The summed E-state index contributed by atoms with van der Waals surface area (Å²) >= 11 is 0. The van der Waals surface area contributed by atoms with Gasteiger partial charge in [0.15, 0.2) is 0 Å². The van der Waals surface area contributed by atoms with Crippen LogP contribution in [0.2, 0.25) is 0 Å². The van der Waals surface area contributed by atoms with Gasteiger partial charge in [-0.3, -0.25) is 4.79 Å². The average Bonchev–Trinajstić information content (AvgIpc) is 2.58. The van der Waals surface area contributed by atoms with Gasteiger partial charge >= 0.3 is 0 Å². The number of hydrogen-bond donors (Lipinski definition) is 1. The van der Waals surface area contributed by atoms with Gasteiger partial charge in [-0.05, 0) is 24.8 Å². The first-order valence-electron chi connectivity index (χ1n) is 8.76. The molecule has 1 aromatic carbocycles. The zero-order valence-electron chi connectivity index (χ0n) is 14.4. The molecule has 2 rings (SSSR count). The van der Waals surface area contributed by atoms with Crippen LogP contribution in [0.1, 0.15) is 44.6 Å². The predicted molar refractivity (Wildman–Crippen MR) is 96.2 cm³/mol. The Morgan fingerprint density at radius 1 is 1.17 bits per heavy atom. The topological polar surface area (TPSA) is 66.5 Å². The number of benzene rings is 1. The van der Waals surface area contributed by atoms with E-state index in [4.69, 9.17) is 0 Å². The van der Waals surface area contributed by atoms with Crippen molar-refractivity contribution in [2.45, 2.75) is 51.5 Å². The minimum absolute atomic E-state index is 0.0328. The smallest absolute Gasteiger partial charge is 0.219 e. The number of hydrogen-bond acceptors (Lipinski definition) is 3. The van der Waals surface area contributed by atoms with Crippen molar-refractivity contribution in [2.24, 2.45) is 0 Å². The van der Waals surface area contributed by atoms with E-state index in [0.29, 0.717) is 13.0 Å². The first kappa shape index (κ1) is 18.9. The van der Waals surface area contributed by atoms with Crippen LogP contribution < -0.4 is 4.72 Å². The fourth-order valence-electron chi connectivity index (χ4n) is 3.28. The van der Waals surface area contributed by atoms with Gasteiger partial charge in [-0.15, -0.1) is 0 Å². The first-order chi connectivity index (χ1) is 11.5. The summed E-state index contributed by atoms with van der Waals surface area (Å²) in [5.74, 6) is 0.103. The van der Waals surface area contributed by atoms with Crippen LogP contribution in [0.5, 0.6) is 0 Å². The number of nitrogens with zero attached hydrogens (tertiary/aromatic N) is 1. The molecular formula is C18H28N2O3S. The van der Waals surface area contributed by atoms with E-state index >= 15 is 0 Å². The summed E-state index contributed by atoms with van der Waals surface area (Å²) < 4.78 is 26.9. The molecule has 1 amide bonds. The van der Waals surface area contributed by atoms with E-state index < -0.39 is 10.0 Å². The third kappa shape index (κ3) is 6.24. The molecule has 0 bridgehead atoms. The molecule has 5 nitrogen and oxygen atoms in total. The number of nitrogens with one attached hydrogen (secondary N) is 1. The summed E-state index contributed by atoms with van der Waals surface area (Å²) in [6.07, 6.45) is 6.08. The second kappa shape index (κ2) is 9.18. The molecule has 24 heavy (non-hydrogen) atoms. The molecule has 1 aliphatic rings. The van der Waals surface area contributed by atoms with Gasteiger partial charge in [0.2, 0.25) is 15.9 Å². The Labute approximate surface area is 145 Å². The van der Waals surface area contributed by atoms with Gasteiger partial charge in [-0.1, -0.05) is 49.6 Å². The lowest BCUT2D eigenvalue weighted by Gasteiger charge is -2.33. The Morgan fingerprint density at radius 3 is 2.46 bits per heavy atom. The molecule has 1 fully saturated rings. The van der Waals surface area contributed by atoms with Crippen molar-refractivity contribution in [2.75, 3.05) is 18.8 Å². The van der Waals surface area contributed by atoms with E-state index in [1.54, 1.807) is 6.92 Å². The lowest BCUT2D eigenvalue weighted by atomic mass is 9.94. The van der Waals surface area contributed by atoms with Crippen molar-refractivity contribution in [3.8, 4) is 0 Å². The van der Waals surface area contributed by atoms with Gasteiger partial charge in [0, 0.05) is 26.1 Å². The average molecular weight is 353 g/mol. The maximum Gasteiger partial charge on any atom is 0.219 e. The third-order valence-corrected chi connectivity index (χ3v) is 5.98. The van der Waals surface area contributed by atoms with E-state index in [0.717, 1.165) is 31.2 Å². The van der Waals surface area contributed by atoms with Crippen LogP contribution in [0.4, 0.5) is 0 Å². The molecule has 1 N–H and O–H groups in total. The number of amides is 1. The molecule has 0 aliphatic heterocycles. The molecule has 6 heteroatoms. The van der Waals surface area contributed by atoms with Crippen molar-refractivity contribution in [3.05, 3.63) is 35.9 Å². The van der Waals surface area contributed by atoms with Gasteiger partial charge in [0.25, 0.3) is 0 Å². The maximum atomic E-state index is 12.1. The van der Waals surface area contributed by atoms with Crippen LogP contribution in [0.25, 0.3) is 0 Å². The van der Waals surface area contributed by atoms with Gasteiger partial charge in [-0.2, -0.15) is 0 Å². The number of rotatable bonds is 8. The normalized spacial score (nSPS) is 16.0. The number of carbonyl (C=O) groups excluding carboxylic acids is 1. The van der Waals surface area contributed by atoms with Gasteiger partial charge in [-0.25, -0.2) is 13.1 Å². The van der Waals surface area contributed by atoms with Crippen LogP contribution in [-0.4, -0.2) is 44.1 Å². The summed E-state index contributed by atoms with van der Waals surface area (Å²) in [4.78, 5) is 13.7. The van der Waals surface area contributed by atoms with Crippen molar-refractivity contribution < 1.29 is 13.2 Å². The fourth-order valence-corrected chi connectivity index (χ4v) is 4.33. The highest BCUT2D eigenvalue weighted by Gasteiger charge is 2.23. The van der Waals surface area contributed by atoms with Crippen LogP contribution in [0.15, 0.2) is 30.3 Å². The second-order valence-corrected chi connectivity index (χ2v) is 8.38. The van der Waals surface area contributed by atoms with Gasteiger partial charge in [0.1, 0.15) is 0 Å². The van der Waals surface area contributed by atoms with E-state index in [9.17, 15) is 13.2 Å². The Hall–Kier alpha value is -1.40. The molecular weight excluding hydrogens is 324 g/mol. The summed E-state index contributed by atoms with van der Waals surface area (Å²) in [6.45, 7) is 2.30. The highest BCUT2D eigenvalue weighted by Crippen LogP contribution is 2.22. The maximum absolute atomic E-state index is 12.1. The highest BCUT2D eigenvalue weighted by molar-refractivity contribution is 7.89. The Morgan fingerprint density at radius 2 is 1.83 bits per heavy atom. The quantitative estimate of drug-likeness (QED) is 0.781. The molecule has 0 radical (unpaired) electrons. The third-order valence-electron chi connectivity index (χ3n) is 4.60. The lowest BCUT2D eigenvalue weighted by molar-refractivity contribution is -0.131. The van der Waals surface area contributed by atoms with Crippen molar-refractivity contribution >= 4 is 15.9 Å². The molecule has 1 aliphatic carbocycles. The van der Waals surface area contributed by atoms with Crippen LogP contribution >= 0.6 is 0 Å². The summed E-state index contributed by atoms with van der Waals surface area (Å²) in [6, 6.07) is 9.85. The molecule has 1 saturated carbocycles. The van der Waals surface area contributed by atoms with E-state index in [1.165, 1.54) is 6.42 Å². The molecule has 1 aromatic rings. The summed E-state index contributed by atoms with van der Waals surface area (Å²) in [5.41, 5.74) is 1.01. The van der Waals surface area contributed by atoms with Crippen LogP contribution in [0, 0.1) is 0 Å². The Bertz CT molecular complexity index is 610. The lowest BCUT2D eigenvalue weighted by Crippen LogP contribution is -2.44. The molecule has 0 spiro atoms. The molecule has 0 unspecified atom stereocenters.